The first-order chi connectivity index (χ1) is 8.79. The van der Waals surface area contributed by atoms with Crippen LogP contribution in [0.15, 0.2) is 18.2 Å². The number of hydrogen-bond acceptors (Lipinski definition) is 4. The number of anilines is 1. The Labute approximate surface area is 109 Å². The van der Waals surface area contributed by atoms with Crippen molar-refractivity contribution in [3.8, 4) is 6.07 Å². The summed E-state index contributed by atoms with van der Waals surface area (Å²) in [5.74, 6) is 0. The van der Waals surface area contributed by atoms with E-state index in [1.807, 2.05) is 25.1 Å². The lowest BCUT2D eigenvalue weighted by molar-refractivity contribution is 0.249. The highest BCUT2D eigenvalue weighted by molar-refractivity contribution is 5.58. The molecule has 4 nitrogen and oxygen atoms in total. The van der Waals surface area contributed by atoms with Crippen molar-refractivity contribution in [3.63, 3.8) is 0 Å². The molecule has 0 spiro atoms. The molecule has 0 atom stereocenters. The monoisotopic (exact) mass is 244 g/mol. The smallest absolute Gasteiger partial charge is 0.101 e. The summed E-state index contributed by atoms with van der Waals surface area (Å²) in [7, 11) is 0. The third-order valence-corrected chi connectivity index (χ3v) is 3.25. The van der Waals surface area contributed by atoms with Crippen LogP contribution in [-0.2, 0) is 0 Å². The van der Waals surface area contributed by atoms with E-state index < -0.39 is 0 Å². The Balaban J connectivity index is 1.84. The van der Waals surface area contributed by atoms with Crippen molar-refractivity contribution in [2.45, 2.75) is 6.92 Å². The molecule has 1 saturated heterocycles. The summed E-state index contributed by atoms with van der Waals surface area (Å²) in [4.78, 5) is 2.43. The highest BCUT2D eigenvalue weighted by atomic mass is 15.2. The average Bonchev–Trinajstić information content (AvgIpc) is 2.41. The second-order valence-electron chi connectivity index (χ2n) is 4.68. The van der Waals surface area contributed by atoms with Gasteiger partial charge in [-0.25, -0.2) is 0 Å². The molecule has 0 amide bonds. The lowest BCUT2D eigenvalue weighted by Crippen LogP contribution is -2.45. The number of rotatable bonds is 4. The van der Waals surface area contributed by atoms with E-state index in [0.29, 0.717) is 0 Å². The fraction of sp³-hybridized carbons (Fsp3) is 0.500. The zero-order valence-corrected chi connectivity index (χ0v) is 10.9. The molecular weight excluding hydrogens is 224 g/mol. The normalized spacial score (nSPS) is 16.2. The molecule has 2 N–H and O–H groups in total. The molecule has 1 aliphatic heterocycles. The summed E-state index contributed by atoms with van der Waals surface area (Å²) < 4.78 is 0. The van der Waals surface area contributed by atoms with Gasteiger partial charge in [-0.2, -0.15) is 5.26 Å². The number of nitrogens with zero attached hydrogens (tertiary/aromatic N) is 2. The van der Waals surface area contributed by atoms with Crippen molar-refractivity contribution in [2.75, 3.05) is 44.6 Å². The lowest BCUT2D eigenvalue weighted by Gasteiger charge is -2.27. The van der Waals surface area contributed by atoms with E-state index in [0.717, 1.165) is 56.1 Å². The van der Waals surface area contributed by atoms with Crippen LogP contribution in [-0.4, -0.2) is 44.2 Å². The molecule has 4 heteroatoms. The molecule has 0 saturated carbocycles. The van der Waals surface area contributed by atoms with Gasteiger partial charge in [0.2, 0.25) is 0 Å². The minimum absolute atomic E-state index is 0.732. The SMILES string of the molecule is Cc1ccc(NCCN2CCNCC2)c(C#N)c1. The summed E-state index contributed by atoms with van der Waals surface area (Å²) in [6.07, 6.45) is 0. The van der Waals surface area contributed by atoms with Gasteiger partial charge >= 0.3 is 0 Å². The van der Waals surface area contributed by atoms with Gasteiger partial charge in [0, 0.05) is 39.3 Å². The summed E-state index contributed by atoms with van der Waals surface area (Å²) in [5, 5.41) is 15.8. The highest BCUT2D eigenvalue weighted by Crippen LogP contribution is 2.15. The van der Waals surface area contributed by atoms with Gasteiger partial charge in [-0.3, -0.25) is 4.90 Å². The van der Waals surface area contributed by atoms with Crippen LogP contribution in [0.3, 0.4) is 0 Å². The molecule has 1 aromatic carbocycles. The predicted molar refractivity (Wildman–Crippen MR) is 73.7 cm³/mol. The Hall–Kier alpha value is -1.57. The number of nitrogens with one attached hydrogen (secondary N) is 2. The van der Waals surface area contributed by atoms with Gasteiger partial charge in [0.1, 0.15) is 6.07 Å². The van der Waals surface area contributed by atoms with Crippen molar-refractivity contribution in [1.29, 1.82) is 5.26 Å². The van der Waals surface area contributed by atoms with Crippen LogP contribution < -0.4 is 10.6 Å². The first kappa shape index (κ1) is 12.9. The van der Waals surface area contributed by atoms with Gasteiger partial charge in [-0.1, -0.05) is 6.07 Å². The molecule has 2 rings (SSSR count). The van der Waals surface area contributed by atoms with E-state index in [4.69, 9.17) is 5.26 Å². The lowest BCUT2D eigenvalue weighted by atomic mass is 10.1. The first-order valence-electron chi connectivity index (χ1n) is 6.47. The number of piperazine rings is 1. The Morgan fingerprint density at radius 3 is 2.89 bits per heavy atom. The maximum Gasteiger partial charge on any atom is 0.101 e. The Kier molecular flexibility index (Phi) is 4.57. The van der Waals surface area contributed by atoms with E-state index in [1.54, 1.807) is 0 Å². The van der Waals surface area contributed by atoms with E-state index in [2.05, 4.69) is 21.6 Å². The van der Waals surface area contributed by atoms with Crippen LogP contribution in [0.25, 0.3) is 0 Å². The fourth-order valence-corrected chi connectivity index (χ4v) is 2.19. The molecule has 1 aliphatic rings. The van der Waals surface area contributed by atoms with Crippen molar-refractivity contribution in [1.82, 2.24) is 10.2 Å². The van der Waals surface area contributed by atoms with Crippen molar-refractivity contribution >= 4 is 5.69 Å². The molecule has 0 unspecified atom stereocenters. The predicted octanol–water partition coefficient (Wildman–Crippen LogP) is 1.18. The maximum atomic E-state index is 9.08. The molecule has 0 aliphatic carbocycles. The number of benzene rings is 1. The van der Waals surface area contributed by atoms with E-state index in [-0.39, 0.29) is 0 Å². The first-order valence-corrected chi connectivity index (χ1v) is 6.47. The highest BCUT2D eigenvalue weighted by Gasteiger charge is 2.08. The van der Waals surface area contributed by atoms with Crippen molar-refractivity contribution in [3.05, 3.63) is 29.3 Å². The third kappa shape index (κ3) is 3.46. The van der Waals surface area contributed by atoms with Gasteiger partial charge in [-0.15, -0.1) is 0 Å². The molecule has 1 fully saturated rings. The number of hydrogen-bond donors (Lipinski definition) is 2. The second-order valence-corrected chi connectivity index (χ2v) is 4.68. The van der Waals surface area contributed by atoms with Crippen LogP contribution in [0, 0.1) is 18.3 Å². The van der Waals surface area contributed by atoms with E-state index in [9.17, 15) is 0 Å². The topological polar surface area (TPSA) is 51.1 Å². The van der Waals surface area contributed by atoms with Crippen molar-refractivity contribution < 1.29 is 0 Å². The zero-order valence-electron chi connectivity index (χ0n) is 10.9. The minimum Gasteiger partial charge on any atom is -0.383 e. The standard InChI is InChI=1S/C14H20N4/c1-12-2-3-14(13(10-12)11-15)17-6-9-18-7-4-16-5-8-18/h2-3,10,16-17H,4-9H2,1H3. The third-order valence-electron chi connectivity index (χ3n) is 3.25. The second kappa shape index (κ2) is 6.39. The van der Waals surface area contributed by atoms with Gasteiger partial charge in [0.25, 0.3) is 0 Å². The maximum absolute atomic E-state index is 9.08. The van der Waals surface area contributed by atoms with Crippen LogP contribution in [0.5, 0.6) is 0 Å². The molecule has 0 bridgehead atoms. The van der Waals surface area contributed by atoms with Crippen molar-refractivity contribution in [2.24, 2.45) is 0 Å². The molecule has 0 aromatic heterocycles. The minimum atomic E-state index is 0.732. The Morgan fingerprint density at radius 2 is 2.17 bits per heavy atom. The summed E-state index contributed by atoms with van der Waals surface area (Å²) in [6, 6.07) is 8.19. The fourth-order valence-electron chi connectivity index (χ4n) is 2.19. The molecule has 1 aromatic rings. The summed E-state index contributed by atoms with van der Waals surface area (Å²) in [6.45, 7) is 8.30. The Morgan fingerprint density at radius 1 is 1.39 bits per heavy atom. The Bertz CT molecular complexity index is 430. The summed E-state index contributed by atoms with van der Waals surface area (Å²) >= 11 is 0. The number of aryl methyl sites for hydroxylation is 1. The molecule has 0 radical (unpaired) electrons. The van der Waals surface area contributed by atoms with Crippen LogP contribution in [0.2, 0.25) is 0 Å². The largest absolute Gasteiger partial charge is 0.383 e. The van der Waals surface area contributed by atoms with Crippen LogP contribution in [0.4, 0.5) is 5.69 Å². The van der Waals surface area contributed by atoms with Crippen LogP contribution >= 0.6 is 0 Å². The van der Waals surface area contributed by atoms with Gasteiger partial charge in [0.15, 0.2) is 0 Å². The van der Waals surface area contributed by atoms with E-state index >= 15 is 0 Å². The zero-order chi connectivity index (χ0) is 12.8. The molecule has 1 heterocycles. The van der Waals surface area contributed by atoms with Gasteiger partial charge < -0.3 is 10.6 Å². The number of nitriles is 1. The molecule has 18 heavy (non-hydrogen) atoms. The van der Waals surface area contributed by atoms with Gasteiger partial charge in [0.05, 0.1) is 11.3 Å². The average molecular weight is 244 g/mol. The molecule has 96 valence electrons. The van der Waals surface area contributed by atoms with Gasteiger partial charge in [-0.05, 0) is 24.6 Å². The summed E-state index contributed by atoms with van der Waals surface area (Å²) in [5.41, 5.74) is 2.80. The quantitative estimate of drug-likeness (QED) is 0.835. The van der Waals surface area contributed by atoms with Crippen LogP contribution in [0.1, 0.15) is 11.1 Å². The van der Waals surface area contributed by atoms with E-state index in [1.165, 1.54) is 0 Å². The molecular formula is C14H20N4.